The highest BCUT2D eigenvalue weighted by Gasteiger charge is 2.58. The molecule has 4 rings (SSSR count). The SMILES string of the molecule is CC(=O)O[C@@H](C)/C=C\C(=O)N[C@@H]1C[C@H](C)[C@H](C/C=C(C)/C=C/[C@H]2O[C@H](CC(=O)NCCCCCN3C(=O)C=CC3=O)C[C@@]3(CO3)[C@@H]2O)O[C@@H]1C. The lowest BCUT2D eigenvalue weighted by Crippen LogP contribution is -2.50. The number of amides is 4. The van der Waals surface area contributed by atoms with Crippen molar-refractivity contribution in [2.24, 2.45) is 5.92 Å². The van der Waals surface area contributed by atoms with E-state index < -0.39 is 36.0 Å². The molecule has 3 saturated heterocycles. The predicted molar refractivity (Wildman–Crippen MR) is 183 cm³/mol. The minimum absolute atomic E-state index is 0.0284. The summed E-state index contributed by atoms with van der Waals surface area (Å²) in [6.45, 7) is 10.3. The monoisotopic (exact) mass is 699 g/mol. The van der Waals surface area contributed by atoms with Crippen LogP contribution in [0.2, 0.25) is 0 Å². The van der Waals surface area contributed by atoms with Gasteiger partial charge in [0.2, 0.25) is 11.8 Å². The number of rotatable bonds is 16. The number of hydrogen-bond acceptors (Lipinski definition) is 10. The number of aliphatic hydroxyl groups is 1. The van der Waals surface area contributed by atoms with Gasteiger partial charge in [-0.2, -0.15) is 0 Å². The summed E-state index contributed by atoms with van der Waals surface area (Å²) in [6, 6.07) is -0.145. The highest BCUT2D eigenvalue weighted by atomic mass is 16.6. The van der Waals surface area contributed by atoms with E-state index in [4.69, 9.17) is 18.9 Å². The molecule has 3 N–H and O–H groups in total. The summed E-state index contributed by atoms with van der Waals surface area (Å²) in [5.74, 6) is -1.18. The number of epoxide rings is 1. The average Bonchev–Trinajstić information content (AvgIpc) is 3.75. The number of unbranched alkanes of at least 4 members (excludes halogenated alkanes) is 2. The number of imide groups is 1. The number of hydrogen-bond donors (Lipinski definition) is 3. The van der Waals surface area contributed by atoms with Gasteiger partial charge in [-0.25, -0.2) is 0 Å². The van der Waals surface area contributed by atoms with E-state index in [0.717, 1.165) is 24.8 Å². The Morgan fingerprint density at radius 1 is 1.10 bits per heavy atom. The van der Waals surface area contributed by atoms with Crippen LogP contribution in [0.25, 0.3) is 0 Å². The third-order valence-corrected chi connectivity index (χ3v) is 9.62. The van der Waals surface area contributed by atoms with E-state index >= 15 is 0 Å². The molecule has 50 heavy (non-hydrogen) atoms. The maximum Gasteiger partial charge on any atom is 0.303 e. The lowest BCUT2D eigenvalue weighted by atomic mass is 9.87. The quantitative estimate of drug-likeness (QED) is 0.0543. The van der Waals surface area contributed by atoms with Gasteiger partial charge < -0.3 is 34.7 Å². The van der Waals surface area contributed by atoms with Crippen LogP contribution in [0.5, 0.6) is 0 Å². The molecule has 0 bridgehead atoms. The molecule has 276 valence electrons. The zero-order valence-corrected chi connectivity index (χ0v) is 29.8. The van der Waals surface area contributed by atoms with E-state index in [2.05, 4.69) is 23.6 Å². The zero-order valence-electron chi connectivity index (χ0n) is 29.8. The van der Waals surface area contributed by atoms with E-state index in [1.54, 1.807) is 13.0 Å². The van der Waals surface area contributed by atoms with Crippen LogP contribution in [0.1, 0.15) is 79.6 Å². The van der Waals surface area contributed by atoms with Crippen molar-refractivity contribution in [3.8, 4) is 0 Å². The van der Waals surface area contributed by atoms with Crippen molar-refractivity contribution in [2.45, 2.75) is 128 Å². The molecular formula is C37H53N3O10. The number of nitrogens with one attached hydrogen (secondary N) is 2. The molecule has 0 saturated carbocycles. The van der Waals surface area contributed by atoms with Crippen molar-refractivity contribution in [1.29, 1.82) is 0 Å². The molecule has 13 nitrogen and oxygen atoms in total. The van der Waals surface area contributed by atoms with Crippen LogP contribution in [-0.4, -0.2) is 108 Å². The van der Waals surface area contributed by atoms with Gasteiger partial charge in [0.1, 0.15) is 23.9 Å². The Morgan fingerprint density at radius 3 is 2.50 bits per heavy atom. The Bertz CT molecular complexity index is 1350. The summed E-state index contributed by atoms with van der Waals surface area (Å²) >= 11 is 0. The van der Waals surface area contributed by atoms with Gasteiger partial charge in [-0.3, -0.25) is 28.9 Å². The minimum atomic E-state index is -0.843. The van der Waals surface area contributed by atoms with E-state index in [-0.39, 0.29) is 54.2 Å². The van der Waals surface area contributed by atoms with Gasteiger partial charge in [0, 0.05) is 44.7 Å². The molecule has 0 aromatic carbocycles. The number of carbonyl (C=O) groups excluding carboxylic acids is 5. The first kappa shape index (κ1) is 39.1. The summed E-state index contributed by atoms with van der Waals surface area (Å²) in [7, 11) is 0. The summed E-state index contributed by atoms with van der Waals surface area (Å²) in [6.07, 6.45) is 12.9. The van der Waals surface area contributed by atoms with Crippen LogP contribution in [0.15, 0.2) is 48.1 Å². The summed E-state index contributed by atoms with van der Waals surface area (Å²) < 4.78 is 23.1. The van der Waals surface area contributed by atoms with Gasteiger partial charge in [-0.05, 0) is 64.9 Å². The molecule has 4 aliphatic rings. The summed E-state index contributed by atoms with van der Waals surface area (Å²) in [4.78, 5) is 60.7. The van der Waals surface area contributed by atoms with E-state index in [1.165, 1.54) is 30.1 Å². The Hall–Kier alpha value is -3.65. The van der Waals surface area contributed by atoms with Gasteiger partial charge in [0.25, 0.3) is 11.8 Å². The Balaban J connectivity index is 1.18. The highest BCUT2D eigenvalue weighted by Crippen LogP contribution is 2.43. The Kier molecular flexibility index (Phi) is 14.1. The Morgan fingerprint density at radius 2 is 1.82 bits per heavy atom. The number of esters is 1. The van der Waals surface area contributed by atoms with Crippen LogP contribution in [0.4, 0.5) is 0 Å². The van der Waals surface area contributed by atoms with Gasteiger partial charge in [-0.15, -0.1) is 0 Å². The second kappa shape index (κ2) is 18.0. The molecule has 9 atom stereocenters. The molecule has 0 aromatic heterocycles. The molecule has 0 radical (unpaired) electrons. The minimum Gasteiger partial charge on any atom is -0.459 e. The third kappa shape index (κ3) is 11.4. The molecule has 3 fully saturated rings. The maximum atomic E-state index is 12.7. The molecular weight excluding hydrogens is 646 g/mol. The first-order chi connectivity index (χ1) is 23.8. The summed E-state index contributed by atoms with van der Waals surface area (Å²) in [5, 5.41) is 16.9. The number of aliphatic hydroxyl groups excluding tert-OH is 1. The fourth-order valence-corrected chi connectivity index (χ4v) is 6.62. The molecule has 4 aliphatic heterocycles. The number of nitrogens with zero attached hydrogens (tertiary/aromatic N) is 1. The van der Waals surface area contributed by atoms with Crippen LogP contribution >= 0.6 is 0 Å². The smallest absolute Gasteiger partial charge is 0.303 e. The number of allylic oxidation sites excluding steroid dienone is 2. The first-order valence-electron chi connectivity index (χ1n) is 17.7. The number of carbonyl (C=O) groups is 5. The lowest BCUT2D eigenvalue weighted by Gasteiger charge is -2.39. The van der Waals surface area contributed by atoms with Crippen molar-refractivity contribution in [2.75, 3.05) is 19.7 Å². The van der Waals surface area contributed by atoms with Crippen molar-refractivity contribution < 1.29 is 48.0 Å². The third-order valence-electron chi connectivity index (χ3n) is 9.62. The predicted octanol–water partition coefficient (Wildman–Crippen LogP) is 2.57. The number of ether oxygens (including phenoxy) is 4. The maximum absolute atomic E-state index is 12.7. The lowest BCUT2D eigenvalue weighted by molar-refractivity contribution is -0.145. The van der Waals surface area contributed by atoms with Crippen LogP contribution < -0.4 is 10.6 Å². The van der Waals surface area contributed by atoms with Crippen LogP contribution in [0, 0.1) is 5.92 Å². The molecule has 13 heteroatoms. The molecule has 0 aliphatic carbocycles. The van der Waals surface area contributed by atoms with Gasteiger partial charge in [0.15, 0.2) is 0 Å². The van der Waals surface area contributed by atoms with E-state index in [1.807, 2.05) is 26.0 Å². The summed E-state index contributed by atoms with van der Waals surface area (Å²) in [5.41, 5.74) is 0.283. The fourth-order valence-electron chi connectivity index (χ4n) is 6.62. The zero-order chi connectivity index (χ0) is 36.4. The van der Waals surface area contributed by atoms with Crippen molar-refractivity contribution in [1.82, 2.24) is 15.5 Å². The standard InChI is InChI=1S/C37H53N3O10/c1-23(9-12-30-24(2)19-29(26(4)49-30)39-32(42)14-11-25(3)48-27(5)41)10-13-31-36(46)37(22-47-37)21-28(50-31)20-33(43)38-17-7-6-8-18-40-34(44)15-16-35(40)45/h9-11,13-16,24-26,28-31,36,46H,6-8,12,17-22H2,1-5H3,(H,38,43)(H,39,42)/b13-10+,14-11-,23-9+/t24-,25-,26+,28+,29+,30-,31+,36+,37+/m0/s1. The van der Waals surface area contributed by atoms with Crippen molar-refractivity contribution >= 4 is 29.6 Å². The molecule has 1 spiro atoms. The molecule has 0 aromatic rings. The molecule has 0 unspecified atom stereocenters. The van der Waals surface area contributed by atoms with E-state index in [9.17, 15) is 29.1 Å². The second-order valence-corrected chi connectivity index (χ2v) is 13.9. The molecule has 4 heterocycles. The van der Waals surface area contributed by atoms with Gasteiger partial charge in [-0.1, -0.05) is 30.7 Å². The topological polar surface area (TPSA) is 173 Å². The van der Waals surface area contributed by atoms with Crippen LogP contribution in [-0.2, 0) is 42.9 Å². The normalized spacial score (nSPS) is 31.8. The van der Waals surface area contributed by atoms with Crippen molar-refractivity contribution in [3.05, 3.63) is 48.1 Å². The Labute approximate surface area is 294 Å². The fraction of sp³-hybridized carbons (Fsp3) is 0.649. The second-order valence-electron chi connectivity index (χ2n) is 13.9. The van der Waals surface area contributed by atoms with E-state index in [0.29, 0.717) is 39.0 Å². The van der Waals surface area contributed by atoms with Gasteiger partial charge in [0.05, 0.1) is 37.4 Å². The largest absolute Gasteiger partial charge is 0.459 e. The first-order valence-corrected chi connectivity index (χ1v) is 17.7. The van der Waals surface area contributed by atoms with Crippen molar-refractivity contribution in [3.63, 3.8) is 0 Å². The van der Waals surface area contributed by atoms with Crippen LogP contribution in [0.3, 0.4) is 0 Å². The highest BCUT2D eigenvalue weighted by molar-refractivity contribution is 6.12. The van der Waals surface area contributed by atoms with Gasteiger partial charge >= 0.3 is 5.97 Å². The average molecular weight is 700 g/mol. The molecule has 4 amide bonds.